The lowest BCUT2D eigenvalue weighted by Crippen LogP contribution is -2.45. The van der Waals surface area contributed by atoms with Crippen molar-refractivity contribution in [3.05, 3.63) is 102 Å². The number of hydrogen-bond donors (Lipinski definition) is 2. The summed E-state index contributed by atoms with van der Waals surface area (Å²) in [7, 11) is 3.97. The van der Waals surface area contributed by atoms with E-state index in [-0.39, 0.29) is 0 Å². The average molecular weight is 360 g/mol. The van der Waals surface area contributed by atoms with Crippen LogP contribution in [0, 0.1) is 0 Å². The van der Waals surface area contributed by atoms with Crippen LogP contribution in [0.5, 0.6) is 0 Å². The Bertz CT molecular complexity index is 836. The SMILES string of the molecule is CN(C)c1ccc(CNC(=O)C(O)(c2ccccc2)c2ccccc2)cc1. The fraction of sp³-hybridized carbons (Fsp3) is 0.174. The normalized spacial score (nSPS) is 11.1. The number of aliphatic hydroxyl groups is 1. The molecule has 3 aromatic rings. The molecule has 1 amide bonds. The summed E-state index contributed by atoms with van der Waals surface area (Å²) in [6.45, 7) is 0.342. The standard InChI is InChI=1S/C23H24N2O2/c1-25(2)21-15-13-18(14-16-21)17-24-22(26)23(27,19-9-5-3-6-10-19)20-11-7-4-8-12-20/h3-16,27H,17H2,1-2H3,(H,24,26). The van der Waals surface area contributed by atoms with Crippen molar-refractivity contribution in [3.63, 3.8) is 0 Å². The molecule has 2 N–H and O–H groups in total. The number of carbonyl (C=O) groups is 1. The molecular weight excluding hydrogens is 336 g/mol. The van der Waals surface area contributed by atoms with E-state index in [1.54, 1.807) is 24.3 Å². The fourth-order valence-corrected chi connectivity index (χ4v) is 3.01. The summed E-state index contributed by atoms with van der Waals surface area (Å²) in [6, 6.07) is 26.0. The zero-order valence-electron chi connectivity index (χ0n) is 15.6. The second kappa shape index (κ2) is 8.06. The summed E-state index contributed by atoms with van der Waals surface area (Å²) in [5.74, 6) is -0.448. The number of amides is 1. The minimum absolute atomic E-state index is 0.342. The Hall–Kier alpha value is -3.11. The third kappa shape index (κ3) is 4.01. The van der Waals surface area contributed by atoms with Gasteiger partial charge in [-0.3, -0.25) is 4.79 Å². The van der Waals surface area contributed by atoms with Crippen LogP contribution in [-0.2, 0) is 16.9 Å². The third-order valence-corrected chi connectivity index (χ3v) is 4.62. The van der Waals surface area contributed by atoms with Crippen LogP contribution >= 0.6 is 0 Å². The largest absolute Gasteiger partial charge is 0.378 e. The van der Waals surface area contributed by atoms with Crippen molar-refractivity contribution in [2.75, 3.05) is 19.0 Å². The zero-order chi connectivity index (χ0) is 19.3. The van der Waals surface area contributed by atoms with Crippen molar-refractivity contribution in [3.8, 4) is 0 Å². The summed E-state index contributed by atoms with van der Waals surface area (Å²) in [5, 5.41) is 14.3. The van der Waals surface area contributed by atoms with Gasteiger partial charge < -0.3 is 15.3 Å². The van der Waals surface area contributed by atoms with Crippen molar-refractivity contribution in [1.82, 2.24) is 5.32 Å². The number of benzene rings is 3. The Labute approximate surface area is 160 Å². The monoisotopic (exact) mass is 360 g/mol. The van der Waals surface area contributed by atoms with Crippen LogP contribution in [0.15, 0.2) is 84.9 Å². The van der Waals surface area contributed by atoms with E-state index in [1.165, 1.54) is 0 Å². The molecule has 0 unspecified atom stereocenters. The van der Waals surface area contributed by atoms with E-state index in [1.807, 2.05) is 79.7 Å². The maximum atomic E-state index is 13.0. The summed E-state index contributed by atoms with van der Waals surface area (Å²) in [5.41, 5.74) is 1.40. The van der Waals surface area contributed by atoms with Gasteiger partial charge in [0.05, 0.1) is 0 Å². The first-order valence-electron chi connectivity index (χ1n) is 8.90. The lowest BCUT2D eigenvalue weighted by Gasteiger charge is -2.28. The number of nitrogens with zero attached hydrogens (tertiary/aromatic N) is 1. The van der Waals surface area contributed by atoms with Crippen molar-refractivity contribution in [2.24, 2.45) is 0 Å². The van der Waals surface area contributed by atoms with Gasteiger partial charge in [-0.1, -0.05) is 72.8 Å². The molecule has 0 bridgehead atoms. The van der Waals surface area contributed by atoms with Crippen LogP contribution < -0.4 is 10.2 Å². The van der Waals surface area contributed by atoms with Gasteiger partial charge in [0.25, 0.3) is 5.91 Å². The molecule has 138 valence electrons. The summed E-state index contributed by atoms with van der Waals surface area (Å²) < 4.78 is 0. The average Bonchev–Trinajstić information content (AvgIpc) is 2.73. The van der Waals surface area contributed by atoms with Gasteiger partial charge in [-0.2, -0.15) is 0 Å². The molecule has 0 saturated carbocycles. The van der Waals surface area contributed by atoms with Crippen molar-refractivity contribution < 1.29 is 9.90 Å². The highest BCUT2D eigenvalue weighted by Crippen LogP contribution is 2.30. The second-order valence-electron chi connectivity index (χ2n) is 6.69. The molecule has 0 aliphatic heterocycles. The minimum Gasteiger partial charge on any atom is -0.378 e. The molecule has 0 atom stereocenters. The van der Waals surface area contributed by atoms with E-state index in [0.29, 0.717) is 17.7 Å². The minimum atomic E-state index is -1.74. The third-order valence-electron chi connectivity index (χ3n) is 4.62. The molecule has 3 rings (SSSR count). The molecule has 0 saturated heterocycles. The molecule has 3 aromatic carbocycles. The van der Waals surface area contributed by atoms with E-state index in [4.69, 9.17) is 0 Å². The highest BCUT2D eigenvalue weighted by molar-refractivity contribution is 5.90. The van der Waals surface area contributed by atoms with Gasteiger partial charge in [0, 0.05) is 26.3 Å². The van der Waals surface area contributed by atoms with Gasteiger partial charge >= 0.3 is 0 Å². The van der Waals surface area contributed by atoms with E-state index < -0.39 is 11.5 Å². The maximum absolute atomic E-state index is 13.0. The van der Waals surface area contributed by atoms with Crippen molar-refractivity contribution in [1.29, 1.82) is 0 Å². The maximum Gasteiger partial charge on any atom is 0.261 e. The highest BCUT2D eigenvalue weighted by atomic mass is 16.3. The molecule has 0 spiro atoms. The van der Waals surface area contributed by atoms with E-state index in [0.717, 1.165) is 11.3 Å². The summed E-state index contributed by atoms with van der Waals surface area (Å²) >= 11 is 0. The van der Waals surface area contributed by atoms with Gasteiger partial charge in [-0.15, -0.1) is 0 Å². The van der Waals surface area contributed by atoms with Crippen LogP contribution in [0.3, 0.4) is 0 Å². The number of rotatable bonds is 6. The molecule has 27 heavy (non-hydrogen) atoms. The number of anilines is 1. The van der Waals surface area contributed by atoms with Crippen molar-refractivity contribution >= 4 is 11.6 Å². The van der Waals surface area contributed by atoms with Crippen LogP contribution in [-0.4, -0.2) is 25.1 Å². The van der Waals surface area contributed by atoms with Gasteiger partial charge in [0.15, 0.2) is 5.60 Å². The van der Waals surface area contributed by atoms with Crippen LogP contribution in [0.2, 0.25) is 0 Å². The lowest BCUT2D eigenvalue weighted by atomic mass is 9.85. The van der Waals surface area contributed by atoms with Gasteiger partial charge in [-0.05, 0) is 28.8 Å². The predicted molar refractivity (Wildman–Crippen MR) is 108 cm³/mol. The highest BCUT2D eigenvalue weighted by Gasteiger charge is 2.39. The molecule has 0 aliphatic carbocycles. The first-order valence-corrected chi connectivity index (χ1v) is 8.90. The van der Waals surface area contributed by atoms with Crippen LogP contribution in [0.25, 0.3) is 0 Å². The van der Waals surface area contributed by atoms with E-state index >= 15 is 0 Å². The smallest absolute Gasteiger partial charge is 0.261 e. The topological polar surface area (TPSA) is 52.6 Å². The Morgan fingerprint density at radius 3 is 1.78 bits per heavy atom. The first-order chi connectivity index (χ1) is 13.0. The number of nitrogens with one attached hydrogen (secondary N) is 1. The Morgan fingerprint density at radius 2 is 1.33 bits per heavy atom. The Kier molecular flexibility index (Phi) is 5.57. The van der Waals surface area contributed by atoms with Crippen molar-refractivity contribution in [2.45, 2.75) is 12.1 Å². The van der Waals surface area contributed by atoms with E-state index in [9.17, 15) is 9.90 Å². The predicted octanol–water partition coefficient (Wildman–Crippen LogP) is 3.30. The molecule has 4 nitrogen and oxygen atoms in total. The second-order valence-corrected chi connectivity index (χ2v) is 6.69. The molecule has 0 fully saturated rings. The Balaban J connectivity index is 1.84. The summed E-state index contributed by atoms with van der Waals surface area (Å²) in [6.07, 6.45) is 0. The lowest BCUT2D eigenvalue weighted by molar-refractivity contribution is -0.136. The molecular formula is C23H24N2O2. The fourth-order valence-electron chi connectivity index (χ4n) is 3.01. The molecule has 4 heteroatoms. The van der Waals surface area contributed by atoms with Gasteiger partial charge in [0.1, 0.15) is 0 Å². The van der Waals surface area contributed by atoms with Crippen LogP contribution in [0.4, 0.5) is 5.69 Å². The van der Waals surface area contributed by atoms with Crippen LogP contribution in [0.1, 0.15) is 16.7 Å². The number of hydrogen-bond acceptors (Lipinski definition) is 3. The molecule has 0 aliphatic rings. The zero-order valence-corrected chi connectivity index (χ0v) is 15.6. The molecule has 0 aromatic heterocycles. The van der Waals surface area contributed by atoms with E-state index in [2.05, 4.69) is 5.32 Å². The Morgan fingerprint density at radius 1 is 0.852 bits per heavy atom. The summed E-state index contributed by atoms with van der Waals surface area (Å²) in [4.78, 5) is 15.1. The molecule has 0 radical (unpaired) electrons. The molecule has 0 heterocycles. The quantitative estimate of drug-likeness (QED) is 0.709. The first kappa shape index (κ1) is 18.7. The number of carbonyl (C=O) groups excluding carboxylic acids is 1. The van der Waals surface area contributed by atoms with Gasteiger partial charge in [-0.25, -0.2) is 0 Å². The van der Waals surface area contributed by atoms with Gasteiger partial charge in [0.2, 0.25) is 0 Å².